The third-order valence-electron chi connectivity index (χ3n) is 9.59. The van der Waals surface area contributed by atoms with E-state index in [1.54, 1.807) is 0 Å². The zero-order valence-electron chi connectivity index (χ0n) is 24.1. The second kappa shape index (κ2) is 10.1. The summed E-state index contributed by atoms with van der Waals surface area (Å²) in [7, 11) is 0. The van der Waals surface area contributed by atoms with E-state index < -0.39 is 34.6 Å². The number of nitrogens with two attached hydrogens (primary N) is 1. The van der Waals surface area contributed by atoms with Crippen LogP contribution < -0.4 is 20.7 Å². The Morgan fingerprint density at radius 1 is 1.09 bits per heavy atom. The number of halogens is 5. The maximum atomic E-state index is 16.5. The predicted molar refractivity (Wildman–Crippen MR) is 152 cm³/mol. The van der Waals surface area contributed by atoms with Crippen LogP contribution in [-0.2, 0) is 6.18 Å². The van der Waals surface area contributed by atoms with Crippen molar-refractivity contribution in [1.82, 2.24) is 25.2 Å². The minimum atomic E-state index is -4.93. The number of aryl methyl sites for hydroxylation is 1. The van der Waals surface area contributed by atoms with E-state index in [9.17, 15) is 13.2 Å². The van der Waals surface area contributed by atoms with E-state index in [1.165, 1.54) is 6.92 Å². The third-order valence-corrected chi connectivity index (χ3v) is 9.59. The van der Waals surface area contributed by atoms with Gasteiger partial charge < -0.3 is 20.7 Å². The molecule has 0 saturated carbocycles. The summed E-state index contributed by atoms with van der Waals surface area (Å²) in [5.74, 6) is -1.94. The number of benzene rings is 1. The maximum Gasteiger partial charge on any atom is 0.418 e. The first-order chi connectivity index (χ1) is 20.4. The topological polar surface area (TPSA) is 92.4 Å². The molecule has 4 saturated heterocycles. The number of alkyl halides is 3. The van der Waals surface area contributed by atoms with Gasteiger partial charge in [-0.2, -0.15) is 23.1 Å². The highest BCUT2D eigenvalue weighted by molar-refractivity contribution is 5.94. The van der Waals surface area contributed by atoms with Crippen molar-refractivity contribution in [2.75, 3.05) is 43.4 Å². The van der Waals surface area contributed by atoms with Gasteiger partial charge in [0, 0.05) is 37.1 Å². The highest BCUT2D eigenvalue weighted by atomic mass is 19.4. The van der Waals surface area contributed by atoms with E-state index in [1.807, 2.05) is 4.90 Å². The Morgan fingerprint density at radius 3 is 2.56 bits per heavy atom. The summed E-state index contributed by atoms with van der Waals surface area (Å²) in [6, 6.07) is 2.35. The monoisotopic (exact) mass is 603 g/mol. The molecule has 3 N–H and O–H groups in total. The van der Waals surface area contributed by atoms with Crippen LogP contribution >= 0.6 is 0 Å². The lowest BCUT2D eigenvalue weighted by molar-refractivity contribution is -0.137. The minimum Gasteiger partial charge on any atom is -0.461 e. The van der Waals surface area contributed by atoms with Crippen LogP contribution in [-0.4, -0.2) is 70.3 Å². The van der Waals surface area contributed by atoms with Crippen molar-refractivity contribution in [2.24, 2.45) is 5.92 Å². The number of fused-ring (bicyclic) bond motifs is 4. The quantitative estimate of drug-likeness (QED) is 0.391. The van der Waals surface area contributed by atoms with Crippen LogP contribution in [0.3, 0.4) is 0 Å². The number of pyridine rings is 1. The molecule has 8 nitrogen and oxygen atoms in total. The lowest BCUT2D eigenvalue weighted by Gasteiger charge is -2.34. The zero-order chi connectivity index (χ0) is 30.3. The van der Waals surface area contributed by atoms with E-state index in [2.05, 4.69) is 32.1 Å². The molecule has 3 aromatic rings. The Kier molecular flexibility index (Phi) is 6.69. The van der Waals surface area contributed by atoms with Crippen molar-refractivity contribution in [3.05, 3.63) is 34.9 Å². The molecule has 1 aromatic carbocycles. The third kappa shape index (κ3) is 4.84. The molecule has 2 bridgehead atoms. The summed E-state index contributed by atoms with van der Waals surface area (Å²) in [4.78, 5) is 17.2. The molecule has 0 aliphatic carbocycles. The van der Waals surface area contributed by atoms with E-state index in [-0.39, 0.29) is 45.9 Å². The second-order valence-corrected chi connectivity index (χ2v) is 12.8. The molecule has 7 rings (SSSR count). The Bertz CT molecular complexity index is 1590. The van der Waals surface area contributed by atoms with Crippen LogP contribution in [0, 0.1) is 24.5 Å². The highest BCUT2D eigenvalue weighted by Gasteiger charge is 2.48. The largest absolute Gasteiger partial charge is 0.461 e. The number of ether oxygens (including phenoxy) is 1. The summed E-state index contributed by atoms with van der Waals surface area (Å²) >= 11 is 0. The smallest absolute Gasteiger partial charge is 0.418 e. The van der Waals surface area contributed by atoms with Gasteiger partial charge in [-0.25, -0.2) is 13.8 Å². The number of rotatable bonds is 5. The van der Waals surface area contributed by atoms with Gasteiger partial charge in [0.1, 0.15) is 29.6 Å². The average Bonchev–Trinajstić information content (AvgIpc) is 3.56. The Labute approximate surface area is 245 Å². The van der Waals surface area contributed by atoms with Gasteiger partial charge in [-0.1, -0.05) is 6.92 Å². The van der Waals surface area contributed by atoms with Crippen LogP contribution in [0.4, 0.5) is 33.6 Å². The summed E-state index contributed by atoms with van der Waals surface area (Å²) in [6.07, 6.45) is -0.0174. The fourth-order valence-electron chi connectivity index (χ4n) is 7.91. The summed E-state index contributed by atoms with van der Waals surface area (Å²) < 4.78 is 81.0. The van der Waals surface area contributed by atoms with Gasteiger partial charge in [-0.15, -0.1) is 0 Å². The van der Waals surface area contributed by atoms with Crippen LogP contribution in [0.15, 0.2) is 12.1 Å². The molecule has 230 valence electrons. The van der Waals surface area contributed by atoms with Gasteiger partial charge in [-0.05, 0) is 69.2 Å². The SMILES string of the molecule is Cc1cc(N)nc(-c2c(F)cc3c(N4CC5CCC(C4)N5)nc(OC[C@@]45CCCN4C[C@H](C)C5)nc3c2F)c1C(F)(F)F. The number of hydrogen-bond acceptors (Lipinski definition) is 8. The van der Waals surface area contributed by atoms with Crippen LogP contribution in [0.5, 0.6) is 6.01 Å². The summed E-state index contributed by atoms with van der Waals surface area (Å²) in [5, 5.41) is 3.60. The molecule has 0 spiro atoms. The van der Waals surface area contributed by atoms with Gasteiger partial charge >= 0.3 is 12.2 Å². The molecule has 6 heterocycles. The number of nitrogens with zero attached hydrogens (tertiary/aromatic N) is 5. The van der Waals surface area contributed by atoms with E-state index in [0.29, 0.717) is 31.4 Å². The van der Waals surface area contributed by atoms with Crippen molar-refractivity contribution in [1.29, 1.82) is 0 Å². The maximum absolute atomic E-state index is 16.5. The standard InChI is InChI=1S/C30H34F5N7O/c1-15-10-29(6-3-7-42(29)11-15)14-43-28-39-25-19(27(40-28)41-12-17-4-5-18(13-41)37-17)9-20(31)22(24(25)32)26-23(30(33,34)35)16(2)8-21(36)38-26/h8-9,15,17-18,37H,3-7,10-14H2,1-2H3,(H2,36,38)/t15-,17?,18?,29+/m1/s1. The first kappa shape index (κ1) is 28.5. The molecule has 0 radical (unpaired) electrons. The number of hydrogen-bond donors (Lipinski definition) is 2. The van der Waals surface area contributed by atoms with Crippen LogP contribution in [0.25, 0.3) is 22.2 Å². The second-order valence-electron chi connectivity index (χ2n) is 12.8. The molecular weight excluding hydrogens is 569 g/mol. The minimum absolute atomic E-state index is 0.0664. The van der Waals surface area contributed by atoms with Crippen molar-refractivity contribution in [3.63, 3.8) is 0 Å². The molecule has 4 aliphatic rings. The van der Waals surface area contributed by atoms with E-state index in [4.69, 9.17) is 10.5 Å². The van der Waals surface area contributed by atoms with Crippen molar-refractivity contribution in [2.45, 2.75) is 69.8 Å². The first-order valence-corrected chi connectivity index (χ1v) is 14.8. The van der Waals surface area contributed by atoms with Crippen molar-refractivity contribution in [3.8, 4) is 17.3 Å². The summed E-state index contributed by atoms with van der Waals surface area (Å²) in [5.41, 5.74) is 1.89. The van der Waals surface area contributed by atoms with Gasteiger partial charge in [-0.3, -0.25) is 4.90 Å². The average molecular weight is 604 g/mol. The Morgan fingerprint density at radius 2 is 1.84 bits per heavy atom. The van der Waals surface area contributed by atoms with Gasteiger partial charge in [0.05, 0.1) is 22.4 Å². The van der Waals surface area contributed by atoms with Gasteiger partial charge in [0.25, 0.3) is 0 Å². The van der Waals surface area contributed by atoms with Crippen LogP contribution in [0.1, 0.15) is 50.2 Å². The van der Waals surface area contributed by atoms with Crippen molar-refractivity contribution < 1.29 is 26.7 Å². The zero-order valence-corrected chi connectivity index (χ0v) is 24.1. The van der Waals surface area contributed by atoms with Gasteiger partial charge in [0.15, 0.2) is 5.82 Å². The molecule has 4 atom stereocenters. The molecule has 2 unspecified atom stereocenters. The molecule has 13 heteroatoms. The Hall–Kier alpha value is -3.32. The number of nitrogen functional groups attached to an aromatic ring is 1. The van der Waals surface area contributed by atoms with Crippen molar-refractivity contribution >= 4 is 22.5 Å². The molecule has 43 heavy (non-hydrogen) atoms. The number of piperazine rings is 1. The lowest BCUT2D eigenvalue weighted by Crippen LogP contribution is -2.51. The number of nitrogens with one attached hydrogen (secondary N) is 1. The van der Waals surface area contributed by atoms with Gasteiger partial charge in [0.2, 0.25) is 0 Å². The number of anilines is 2. The fraction of sp³-hybridized carbons (Fsp3) is 0.567. The fourth-order valence-corrected chi connectivity index (χ4v) is 7.91. The molecule has 4 fully saturated rings. The van der Waals surface area contributed by atoms with E-state index >= 15 is 8.78 Å². The highest BCUT2D eigenvalue weighted by Crippen LogP contribution is 2.44. The van der Waals surface area contributed by atoms with E-state index in [0.717, 1.165) is 57.3 Å². The lowest BCUT2D eigenvalue weighted by atomic mass is 9.92. The molecular formula is C30H34F5N7O. The summed E-state index contributed by atoms with van der Waals surface area (Å²) in [6.45, 7) is 6.78. The molecule has 4 aliphatic heterocycles. The normalized spacial score (nSPS) is 27.3. The van der Waals surface area contributed by atoms with Crippen LogP contribution in [0.2, 0.25) is 0 Å². The Balaban J connectivity index is 1.38. The number of aromatic nitrogens is 3. The molecule has 0 amide bonds. The molecule has 2 aromatic heterocycles. The predicted octanol–water partition coefficient (Wildman–Crippen LogP) is 5.07. The first-order valence-electron chi connectivity index (χ1n) is 14.8.